The van der Waals surface area contributed by atoms with Crippen LogP contribution >= 0.6 is 0 Å². The molecule has 0 radical (unpaired) electrons. The molecule has 1 heterocycles. The lowest BCUT2D eigenvalue weighted by Crippen LogP contribution is -2.45. The predicted molar refractivity (Wildman–Crippen MR) is 79.4 cm³/mol. The Balaban J connectivity index is 2.00. The van der Waals surface area contributed by atoms with E-state index in [-0.39, 0.29) is 29.8 Å². The van der Waals surface area contributed by atoms with Crippen molar-refractivity contribution in [1.29, 1.82) is 0 Å². The van der Waals surface area contributed by atoms with Gasteiger partial charge in [0.05, 0.1) is 13.4 Å². The first-order chi connectivity index (χ1) is 11.0. The Hall–Kier alpha value is -2.31. The summed E-state index contributed by atoms with van der Waals surface area (Å²) in [6.07, 6.45) is 5.18. The molecule has 0 aromatic carbocycles. The van der Waals surface area contributed by atoms with Gasteiger partial charge in [-0.1, -0.05) is 12.8 Å². The van der Waals surface area contributed by atoms with Crippen molar-refractivity contribution in [3.05, 3.63) is 23.7 Å². The third-order valence-electron chi connectivity index (χ3n) is 3.98. The quantitative estimate of drug-likeness (QED) is 0.802. The maximum absolute atomic E-state index is 12.3. The van der Waals surface area contributed by atoms with E-state index >= 15 is 0 Å². The van der Waals surface area contributed by atoms with Crippen molar-refractivity contribution in [3.63, 3.8) is 0 Å². The Morgan fingerprint density at radius 1 is 1.35 bits per heavy atom. The van der Waals surface area contributed by atoms with E-state index in [4.69, 9.17) is 9.15 Å². The SMILES string of the molecule is COC(=O)c1ccoc1COC(=O)C(NC(C)=O)C1CCCC1. The second-order valence-electron chi connectivity index (χ2n) is 5.58. The molecule has 1 saturated carbocycles. The van der Waals surface area contributed by atoms with E-state index in [0.29, 0.717) is 0 Å². The minimum absolute atomic E-state index is 0.0862. The van der Waals surface area contributed by atoms with Gasteiger partial charge in [-0.15, -0.1) is 0 Å². The molecule has 1 N–H and O–H groups in total. The number of amides is 1. The van der Waals surface area contributed by atoms with Crippen LogP contribution in [0, 0.1) is 5.92 Å². The summed E-state index contributed by atoms with van der Waals surface area (Å²) >= 11 is 0. The summed E-state index contributed by atoms with van der Waals surface area (Å²) in [5, 5.41) is 2.66. The number of ether oxygens (including phenoxy) is 2. The molecule has 0 saturated heterocycles. The van der Waals surface area contributed by atoms with Crippen LogP contribution in [0.5, 0.6) is 0 Å². The second-order valence-corrected chi connectivity index (χ2v) is 5.58. The Bertz CT molecular complexity index is 573. The average molecular weight is 323 g/mol. The Morgan fingerprint density at radius 3 is 2.65 bits per heavy atom. The molecule has 1 aliphatic rings. The monoisotopic (exact) mass is 323 g/mol. The fourth-order valence-electron chi connectivity index (χ4n) is 2.85. The fraction of sp³-hybridized carbons (Fsp3) is 0.562. The first-order valence-electron chi connectivity index (χ1n) is 7.61. The summed E-state index contributed by atoms with van der Waals surface area (Å²) in [6.45, 7) is 1.19. The third-order valence-corrected chi connectivity index (χ3v) is 3.98. The third kappa shape index (κ3) is 4.34. The Labute approximate surface area is 134 Å². The van der Waals surface area contributed by atoms with E-state index in [1.807, 2.05) is 0 Å². The highest BCUT2D eigenvalue weighted by Crippen LogP contribution is 2.28. The van der Waals surface area contributed by atoms with E-state index in [1.165, 1.54) is 26.4 Å². The minimum atomic E-state index is -0.661. The molecule has 7 nitrogen and oxygen atoms in total. The first-order valence-corrected chi connectivity index (χ1v) is 7.61. The number of rotatable bonds is 6. The lowest BCUT2D eigenvalue weighted by Gasteiger charge is -2.22. The summed E-state index contributed by atoms with van der Waals surface area (Å²) in [5.74, 6) is -1.04. The number of nitrogens with one attached hydrogen (secondary N) is 1. The van der Waals surface area contributed by atoms with Crippen LogP contribution in [0.15, 0.2) is 16.7 Å². The van der Waals surface area contributed by atoms with Crippen LogP contribution in [0.3, 0.4) is 0 Å². The van der Waals surface area contributed by atoms with Gasteiger partial charge in [0.25, 0.3) is 0 Å². The van der Waals surface area contributed by atoms with Crippen LogP contribution in [-0.4, -0.2) is 31.0 Å². The largest absolute Gasteiger partial charge is 0.465 e. The lowest BCUT2D eigenvalue weighted by atomic mass is 9.98. The standard InChI is InChI=1S/C16H21NO6/c1-10(18)17-14(11-5-3-4-6-11)16(20)23-9-13-12(7-8-22-13)15(19)21-2/h7-8,11,14H,3-6,9H2,1-2H3,(H,17,18). The van der Waals surface area contributed by atoms with Crippen molar-refractivity contribution < 1.29 is 28.3 Å². The number of carbonyl (C=O) groups excluding carboxylic acids is 3. The molecule has 2 rings (SSSR count). The summed E-state index contributed by atoms with van der Waals surface area (Å²) in [5.41, 5.74) is 0.220. The number of methoxy groups -OCH3 is 1. The highest BCUT2D eigenvalue weighted by molar-refractivity contribution is 5.90. The molecular weight excluding hydrogens is 302 g/mol. The van der Waals surface area contributed by atoms with Crippen LogP contribution in [0.1, 0.15) is 48.7 Å². The molecule has 126 valence electrons. The topological polar surface area (TPSA) is 94.8 Å². The second kappa shape index (κ2) is 7.80. The first kappa shape index (κ1) is 17.1. The van der Waals surface area contributed by atoms with Crippen LogP contribution in [0.25, 0.3) is 0 Å². The smallest absolute Gasteiger partial charge is 0.341 e. The fourth-order valence-corrected chi connectivity index (χ4v) is 2.85. The van der Waals surface area contributed by atoms with Crippen molar-refractivity contribution >= 4 is 17.8 Å². The molecule has 1 unspecified atom stereocenters. The van der Waals surface area contributed by atoms with E-state index in [1.54, 1.807) is 0 Å². The number of hydrogen-bond acceptors (Lipinski definition) is 6. The maximum atomic E-state index is 12.3. The van der Waals surface area contributed by atoms with Gasteiger partial charge in [0.1, 0.15) is 18.2 Å². The van der Waals surface area contributed by atoms with E-state index in [9.17, 15) is 14.4 Å². The average Bonchev–Trinajstić information content (AvgIpc) is 3.20. The van der Waals surface area contributed by atoms with Crippen LogP contribution < -0.4 is 5.32 Å². The van der Waals surface area contributed by atoms with Crippen molar-refractivity contribution in [2.45, 2.75) is 45.3 Å². The highest BCUT2D eigenvalue weighted by atomic mass is 16.5. The maximum Gasteiger partial charge on any atom is 0.341 e. The summed E-state index contributed by atoms with van der Waals surface area (Å²) < 4.78 is 15.0. The van der Waals surface area contributed by atoms with Gasteiger partial charge < -0.3 is 19.2 Å². The van der Waals surface area contributed by atoms with Gasteiger partial charge in [0, 0.05) is 6.92 Å². The van der Waals surface area contributed by atoms with E-state index in [0.717, 1.165) is 25.7 Å². The predicted octanol–water partition coefficient (Wildman–Crippen LogP) is 1.80. The zero-order valence-electron chi connectivity index (χ0n) is 13.3. The van der Waals surface area contributed by atoms with Gasteiger partial charge >= 0.3 is 11.9 Å². The summed E-state index contributed by atoms with van der Waals surface area (Å²) in [4.78, 5) is 35.2. The number of hydrogen-bond donors (Lipinski definition) is 1. The molecule has 0 bridgehead atoms. The molecule has 1 fully saturated rings. The minimum Gasteiger partial charge on any atom is -0.465 e. The molecular formula is C16H21NO6. The van der Waals surface area contributed by atoms with Crippen molar-refractivity contribution in [2.75, 3.05) is 7.11 Å². The molecule has 23 heavy (non-hydrogen) atoms. The zero-order chi connectivity index (χ0) is 16.8. The van der Waals surface area contributed by atoms with Crippen molar-refractivity contribution in [2.24, 2.45) is 5.92 Å². The van der Waals surface area contributed by atoms with E-state index < -0.39 is 18.0 Å². The van der Waals surface area contributed by atoms with Gasteiger partial charge in [0.2, 0.25) is 5.91 Å². The lowest BCUT2D eigenvalue weighted by molar-refractivity contribution is -0.151. The normalized spacial score (nSPS) is 15.9. The molecule has 0 spiro atoms. The van der Waals surface area contributed by atoms with Gasteiger partial charge in [-0.3, -0.25) is 4.79 Å². The number of carbonyl (C=O) groups is 3. The molecule has 1 aromatic heterocycles. The van der Waals surface area contributed by atoms with Crippen LogP contribution in [-0.2, 0) is 25.7 Å². The Kier molecular flexibility index (Phi) is 5.78. The van der Waals surface area contributed by atoms with Crippen molar-refractivity contribution in [3.8, 4) is 0 Å². The molecule has 1 aliphatic carbocycles. The number of esters is 2. The van der Waals surface area contributed by atoms with Gasteiger partial charge in [-0.05, 0) is 24.8 Å². The van der Waals surface area contributed by atoms with Crippen LogP contribution in [0.2, 0.25) is 0 Å². The van der Waals surface area contributed by atoms with Gasteiger partial charge in [-0.25, -0.2) is 9.59 Å². The molecule has 1 amide bonds. The highest BCUT2D eigenvalue weighted by Gasteiger charge is 2.33. The van der Waals surface area contributed by atoms with E-state index in [2.05, 4.69) is 10.1 Å². The molecule has 1 atom stereocenters. The summed E-state index contributed by atoms with van der Waals surface area (Å²) in [6, 6.07) is 0.795. The Morgan fingerprint density at radius 2 is 2.04 bits per heavy atom. The van der Waals surface area contributed by atoms with Crippen molar-refractivity contribution in [1.82, 2.24) is 5.32 Å². The number of furan rings is 1. The van der Waals surface area contributed by atoms with Crippen LogP contribution in [0.4, 0.5) is 0 Å². The van der Waals surface area contributed by atoms with Gasteiger partial charge in [0.15, 0.2) is 5.76 Å². The summed E-state index contributed by atoms with van der Waals surface area (Å²) in [7, 11) is 1.26. The molecule has 0 aliphatic heterocycles. The molecule has 1 aromatic rings. The van der Waals surface area contributed by atoms with Gasteiger partial charge in [-0.2, -0.15) is 0 Å². The molecule has 7 heteroatoms. The zero-order valence-corrected chi connectivity index (χ0v) is 13.3.